The molecule has 2 rings (SSSR count). The second-order valence-corrected chi connectivity index (χ2v) is 6.00. The van der Waals surface area contributed by atoms with Crippen LogP contribution in [0.2, 0.25) is 5.02 Å². The van der Waals surface area contributed by atoms with E-state index in [1.807, 2.05) is 24.3 Å². The SMILES string of the molecule is CCCCc1ccc(NC(=O)C=Cc2ccc(Cl)c([N+](=O)[O-])c2)cc1. The highest BCUT2D eigenvalue weighted by atomic mass is 35.5. The predicted octanol–water partition coefficient (Wildman–Crippen LogP) is 5.24. The third-order valence-electron chi connectivity index (χ3n) is 3.63. The summed E-state index contributed by atoms with van der Waals surface area (Å²) in [6.45, 7) is 2.15. The molecule has 0 aliphatic rings. The molecule has 2 aromatic carbocycles. The molecule has 25 heavy (non-hydrogen) atoms. The average Bonchev–Trinajstić information content (AvgIpc) is 2.60. The quantitative estimate of drug-likeness (QED) is 0.417. The van der Waals surface area contributed by atoms with E-state index < -0.39 is 4.92 Å². The van der Waals surface area contributed by atoms with Crippen molar-refractivity contribution in [1.82, 2.24) is 0 Å². The molecular formula is C19H19ClN2O3. The Morgan fingerprint density at radius 3 is 2.60 bits per heavy atom. The summed E-state index contributed by atoms with van der Waals surface area (Å²) in [6.07, 6.45) is 6.15. The molecule has 0 spiro atoms. The van der Waals surface area contributed by atoms with Crippen LogP contribution >= 0.6 is 11.6 Å². The Hall–Kier alpha value is -2.66. The summed E-state index contributed by atoms with van der Waals surface area (Å²) in [7, 11) is 0. The van der Waals surface area contributed by atoms with E-state index in [1.54, 1.807) is 6.07 Å². The van der Waals surface area contributed by atoms with E-state index in [-0.39, 0.29) is 16.6 Å². The van der Waals surface area contributed by atoms with E-state index in [1.165, 1.54) is 29.8 Å². The fourth-order valence-electron chi connectivity index (χ4n) is 2.26. The van der Waals surface area contributed by atoms with Crippen LogP contribution in [0.1, 0.15) is 30.9 Å². The highest BCUT2D eigenvalue weighted by Crippen LogP contribution is 2.25. The average molecular weight is 359 g/mol. The van der Waals surface area contributed by atoms with Crippen molar-refractivity contribution in [3.05, 3.63) is 74.8 Å². The topological polar surface area (TPSA) is 72.2 Å². The molecule has 6 heteroatoms. The maximum absolute atomic E-state index is 12.0. The van der Waals surface area contributed by atoms with Gasteiger partial charge in [-0.2, -0.15) is 0 Å². The van der Waals surface area contributed by atoms with Gasteiger partial charge in [0.25, 0.3) is 5.69 Å². The van der Waals surface area contributed by atoms with Gasteiger partial charge in [-0.3, -0.25) is 14.9 Å². The van der Waals surface area contributed by atoms with Gasteiger partial charge in [0, 0.05) is 17.8 Å². The van der Waals surface area contributed by atoms with Crippen LogP contribution in [0, 0.1) is 10.1 Å². The third-order valence-corrected chi connectivity index (χ3v) is 3.95. The van der Waals surface area contributed by atoms with E-state index >= 15 is 0 Å². The Morgan fingerprint density at radius 1 is 1.24 bits per heavy atom. The molecule has 0 aliphatic heterocycles. The van der Waals surface area contributed by atoms with E-state index in [9.17, 15) is 14.9 Å². The highest BCUT2D eigenvalue weighted by molar-refractivity contribution is 6.32. The molecule has 0 unspecified atom stereocenters. The van der Waals surface area contributed by atoms with Gasteiger partial charge < -0.3 is 5.32 Å². The van der Waals surface area contributed by atoms with Crippen molar-refractivity contribution < 1.29 is 9.72 Å². The smallest absolute Gasteiger partial charge is 0.288 e. The number of amides is 1. The van der Waals surface area contributed by atoms with Crippen molar-refractivity contribution >= 4 is 35.0 Å². The number of hydrogen-bond donors (Lipinski definition) is 1. The molecule has 0 saturated carbocycles. The zero-order valence-corrected chi connectivity index (χ0v) is 14.6. The summed E-state index contributed by atoms with van der Waals surface area (Å²) < 4.78 is 0. The molecule has 1 amide bonds. The lowest BCUT2D eigenvalue weighted by molar-refractivity contribution is -0.384. The molecule has 0 heterocycles. The van der Waals surface area contributed by atoms with Crippen molar-refractivity contribution in [2.75, 3.05) is 5.32 Å². The largest absolute Gasteiger partial charge is 0.323 e. The standard InChI is InChI=1S/C19H19ClN2O3/c1-2-3-4-14-5-9-16(10-6-14)21-19(23)12-8-15-7-11-17(20)18(13-15)22(24)25/h5-13H,2-4H2,1H3,(H,21,23). The molecule has 0 saturated heterocycles. The third kappa shape index (κ3) is 5.72. The normalized spacial score (nSPS) is 10.8. The number of nitro groups is 1. The minimum atomic E-state index is -0.556. The van der Waals surface area contributed by atoms with Crippen LogP contribution in [0.25, 0.3) is 6.08 Å². The van der Waals surface area contributed by atoms with Crippen LogP contribution < -0.4 is 5.32 Å². The van der Waals surface area contributed by atoms with Crippen LogP contribution in [-0.4, -0.2) is 10.8 Å². The zero-order valence-electron chi connectivity index (χ0n) is 13.9. The number of halogens is 1. The molecule has 5 nitrogen and oxygen atoms in total. The first-order chi connectivity index (χ1) is 12.0. The minimum absolute atomic E-state index is 0.0646. The van der Waals surface area contributed by atoms with Crippen LogP contribution in [0.3, 0.4) is 0 Å². The van der Waals surface area contributed by atoms with Crippen LogP contribution in [0.15, 0.2) is 48.5 Å². The van der Waals surface area contributed by atoms with Crippen molar-refractivity contribution in [1.29, 1.82) is 0 Å². The van der Waals surface area contributed by atoms with Gasteiger partial charge in [0.1, 0.15) is 5.02 Å². The van der Waals surface area contributed by atoms with E-state index in [0.717, 1.165) is 19.3 Å². The number of nitrogens with zero attached hydrogens (tertiary/aromatic N) is 1. The minimum Gasteiger partial charge on any atom is -0.323 e. The Morgan fingerprint density at radius 2 is 1.96 bits per heavy atom. The van der Waals surface area contributed by atoms with Crippen molar-refractivity contribution in [3.63, 3.8) is 0 Å². The van der Waals surface area contributed by atoms with Gasteiger partial charge >= 0.3 is 0 Å². The number of unbranched alkanes of at least 4 members (excludes halogenated alkanes) is 1. The second kappa shape index (κ2) is 8.99. The van der Waals surface area contributed by atoms with Gasteiger partial charge in [-0.25, -0.2) is 0 Å². The van der Waals surface area contributed by atoms with Gasteiger partial charge in [-0.15, -0.1) is 0 Å². The first kappa shape index (κ1) is 18.7. The summed E-state index contributed by atoms with van der Waals surface area (Å²) in [5, 5.41) is 13.7. The highest BCUT2D eigenvalue weighted by Gasteiger charge is 2.11. The summed E-state index contributed by atoms with van der Waals surface area (Å²) in [6, 6.07) is 12.1. The number of carbonyl (C=O) groups excluding carboxylic acids is 1. The number of nitro benzene ring substituents is 1. The number of benzene rings is 2. The number of aryl methyl sites for hydroxylation is 1. The molecule has 1 N–H and O–H groups in total. The summed E-state index contributed by atoms with van der Waals surface area (Å²) in [5.74, 6) is -0.307. The van der Waals surface area contributed by atoms with Gasteiger partial charge in [0.15, 0.2) is 0 Å². The monoisotopic (exact) mass is 358 g/mol. The molecule has 0 aliphatic carbocycles. The van der Waals surface area contributed by atoms with Crippen LogP contribution in [0.5, 0.6) is 0 Å². The number of hydrogen-bond acceptors (Lipinski definition) is 3. The molecule has 0 aromatic heterocycles. The van der Waals surface area contributed by atoms with E-state index in [4.69, 9.17) is 11.6 Å². The first-order valence-corrected chi connectivity index (χ1v) is 8.39. The number of carbonyl (C=O) groups is 1. The fraction of sp³-hybridized carbons (Fsp3) is 0.211. The van der Waals surface area contributed by atoms with Crippen molar-refractivity contribution in [2.24, 2.45) is 0 Å². The molecule has 2 aromatic rings. The molecule has 0 atom stereocenters. The predicted molar refractivity (Wildman–Crippen MR) is 101 cm³/mol. The van der Waals surface area contributed by atoms with Crippen LogP contribution in [-0.2, 0) is 11.2 Å². The van der Waals surface area contributed by atoms with Crippen molar-refractivity contribution in [3.8, 4) is 0 Å². The molecule has 0 bridgehead atoms. The summed E-state index contributed by atoms with van der Waals surface area (Å²) in [5.41, 5.74) is 2.29. The second-order valence-electron chi connectivity index (χ2n) is 5.59. The Labute approximate surface area is 151 Å². The Bertz CT molecular complexity index is 786. The van der Waals surface area contributed by atoms with Crippen molar-refractivity contribution in [2.45, 2.75) is 26.2 Å². The van der Waals surface area contributed by atoms with E-state index in [2.05, 4.69) is 12.2 Å². The van der Waals surface area contributed by atoms with Gasteiger partial charge in [-0.1, -0.05) is 43.1 Å². The molecule has 0 fully saturated rings. The summed E-state index contributed by atoms with van der Waals surface area (Å²) >= 11 is 5.76. The first-order valence-electron chi connectivity index (χ1n) is 8.01. The zero-order chi connectivity index (χ0) is 18.2. The number of nitrogens with one attached hydrogen (secondary N) is 1. The number of anilines is 1. The Kier molecular flexibility index (Phi) is 6.71. The van der Waals surface area contributed by atoms with Gasteiger partial charge in [-0.05, 0) is 48.2 Å². The lowest BCUT2D eigenvalue weighted by Gasteiger charge is -2.04. The molecular weight excluding hydrogens is 340 g/mol. The molecule has 0 radical (unpaired) electrons. The van der Waals surface area contributed by atoms with Gasteiger partial charge in [0.2, 0.25) is 5.91 Å². The fourth-order valence-corrected chi connectivity index (χ4v) is 2.45. The summed E-state index contributed by atoms with van der Waals surface area (Å²) in [4.78, 5) is 22.3. The maximum atomic E-state index is 12.0. The lowest BCUT2D eigenvalue weighted by atomic mass is 10.1. The maximum Gasteiger partial charge on any atom is 0.288 e. The molecule has 130 valence electrons. The van der Waals surface area contributed by atoms with Gasteiger partial charge in [0.05, 0.1) is 4.92 Å². The van der Waals surface area contributed by atoms with E-state index in [0.29, 0.717) is 11.3 Å². The Balaban J connectivity index is 1.99. The lowest BCUT2D eigenvalue weighted by Crippen LogP contribution is -2.07. The van der Waals surface area contributed by atoms with Crippen LogP contribution in [0.4, 0.5) is 11.4 Å². The number of rotatable bonds is 7.